The maximum absolute atomic E-state index is 12.4. The van der Waals surface area contributed by atoms with E-state index >= 15 is 0 Å². The van der Waals surface area contributed by atoms with E-state index in [0.717, 1.165) is 72.0 Å². The number of ether oxygens (including phenoxy) is 3. The van der Waals surface area contributed by atoms with E-state index in [4.69, 9.17) is 14.2 Å². The minimum Gasteiger partial charge on any atom is -0.381 e. The smallest absolute Gasteiger partial charge is 0.248 e. The minimum absolute atomic E-state index is 0.103. The molecule has 0 radical (unpaired) electrons. The largest absolute Gasteiger partial charge is 0.381 e. The molecular weight excluding hydrogens is 310 g/mol. The SMILES string of the molecule is COCC(=O)N1CC2COCCN2C2(C1)CN(C1CCOCC1)C2. The maximum atomic E-state index is 12.4. The number of amides is 1. The summed E-state index contributed by atoms with van der Waals surface area (Å²) >= 11 is 0. The van der Waals surface area contributed by atoms with Gasteiger partial charge in [0.25, 0.3) is 0 Å². The van der Waals surface area contributed by atoms with Crippen LogP contribution < -0.4 is 0 Å². The third kappa shape index (κ3) is 2.97. The summed E-state index contributed by atoms with van der Waals surface area (Å²) in [5.74, 6) is 0.103. The van der Waals surface area contributed by atoms with Crippen molar-refractivity contribution in [2.45, 2.75) is 30.5 Å². The lowest BCUT2D eigenvalue weighted by Crippen LogP contribution is -2.82. The van der Waals surface area contributed by atoms with Crippen LogP contribution in [-0.4, -0.2) is 111 Å². The molecule has 0 aromatic heterocycles. The summed E-state index contributed by atoms with van der Waals surface area (Å²) in [5, 5.41) is 0. The summed E-state index contributed by atoms with van der Waals surface area (Å²) in [6.07, 6.45) is 2.27. The van der Waals surface area contributed by atoms with Gasteiger partial charge in [0.05, 0.1) is 24.8 Å². The zero-order chi connectivity index (χ0) is 16.6. The van der Waals surface area contributed by atoms with Crippen molar-refractivity contribution in [3.8, 4) is 0 Å². The number of hydrogen-bond donors (Lipinski definition) is 0. The van der Waals surface area contributed by atoms with Crippen LogP contribution in [0.25, 0.3) is 0 Å². The van der Waals surface area contributed by atoms with Crippen LogP contribution in [0.2, 0.25) is 0 Å². The van der Waals surface area contributed by atoms with Gasteiger partial charge in [0, 0.05) is 59.1 Å². The summed E-state index contributed by atoms with van der Waals surface area (Å²) in [6, 6.07) is 0.971. The molecule has 24 heavy (non-hydrogen) atoms. The normalized spacial score (nSPS) is 31.7. The number of carbonyl (C=O) groups excluding carboxylic acids is 1. The van der Waals surface area contributed by atoms with Gasteiger partial charge in [-0.3, -0.25) is 14.6 Å². The van der Waals surface area contributed by atoms with Gasteiger partial charge in [-0.05, 0) is 12.8 Å². The molecule has 0 aliphatic carbocycles. The molecule has 0 aromatic carbocycles. The fraction of sp³-hybridized carbons (Fsp3) is 0.941. The summed E-state index contributed by atoms with van der Waals surface area (Å²) in [6.45, 7) is 8.17. The van der Waals surface area contributed by atoms with Crippen LogP contribution in [0.3, 0.4) is 0 Å². The zero-order valence-corrected chi connectivity index (χ0v) is 14.6. The average molecular weight is 339 g/mol. The topological polar surface area (TPSA) is 54.5 Å². The van der Waals surface area contributed by atoms with Gasteiger partial charge in [0.15, 0.2) is 0 Å². The highest BCUT2D eigenvalue weighted by atomic mass is 16.5. The van der Waals surface area contributed by atoms with Gasteiger partial charge in [-0.1, -0.05) is 0 Å². The lowest BCUT2D eigenvalue weighted by molar-refractivity contribution is -0.185. The van der Waals surface area contributed by atoms with Crippen LogP contribution in [0, 0.1) is 0 Å². The van der Waals surface area contributed by atoms with E-state index < -0.39 is 0 Å². The highest BCUT2D eigenvalue weighted by Crippen LogP contribution is 2.38. The Bertz CT molecular complexity index is 463. The van der Waals surface area contributed by atoms with E-state index in [1.54, 1.807) is 7.11 Å². The number of morpholine rings is 1. The Labute approximate surface area is 143 Å². The Morgan fingerprint density at radius 1 is 1.12 bits per heavy atom. The highest BCUT2D eigenvalue weighted by molar-refractivity contribution is 5.77. The molecule has 0 N–H and O–H groups in total. The van der Waals surface area contributed by atoms with Crippen molar-refractivity contribution < 1.29 is 19.0 Å². The molecule has 4 rings (SSSR count). The second-order valence-corrected chi connectivity index (χ2v) is 7.60. The predicted molar refractivity (Wildman–Crippen MR) is 87.9 cm³/mol. The average Bonchev–Trinajstić information content (AvgIpc) is 2.59. The number of fused-ring (bicyclic) bond motifs is 2. The molecule has 0 aromatic rings. The lowest BCUT2D eigenvalue weighted by Gasteiger charge is -2.64. The van der Waals surface area contributed by atoms with Crippen molar-refractivity contribution in [1.29, 1.82) is 0 Å². The Balaban J connectivity index is 1.46. The number of rotatable bonds is 3. The third-order valence-electron chi connectivity index (χ3n) is 6.08. The number of piperazine rings is 1. The van der Waals surface area contributed by atoms with Crippen LogP contribution in [-0.2, 0) is 19.0 Å². The first-order valence-corrected chi connectivity index (χ1v) is 9.15. The molecule has 0 bridgehead atoms. The third-order valence-corrected chi connectivity index (χ3v) is 6.08. The fourth-order valence-electron chi connectivity index (χ4n) is 4.90. The summed E-state index contributed by atoms with van der Waals surface area (Å²) in [4.78, 5) is 19.6. The first-order valence-electron chi connectivity index (χ1n) is 9.15. The minimum atomic E-state index is 0.103. The van der Waals surface area contributed by atoms with Gasteiger partial charge in [0.2, 0.25) is 5.91 Å². The molecular formula is C17H29N3O4. The van der Waals surface area contributed by atoms with Gasteiger partial charge in [0.1, 0.15) is 6.61 Å². The van der Waals surface area contributed by atoms with Crippen LogP contribution in [0.5, 0.6) is 0 Å². The fourth-order valence-corrected chi connectivity index (χ4v) is 4.90. The molecule has 4 aliphatic rings. The van der Waals surface area contributed by atoms with E-state index in [1.165, 1.54) is 0 Å². The Morgan fingerprint density at radius 2 is 1.92 bits per heavy atom. The van der Waals surface area contributed by atoms with E-state index in [-0.39, 0.29) is 18.1 Å². The van der Waals surface area contributed by atoms with Crippen molar-refractivity contribution >= 4 is 5.91 Å². The van der Waals surface area contributed by atoms with E-state index in [9.17, 15) is 4.79 Å². The van der Waals surface area contributed by atoms with E-state index in [1.807, 2.05) is 4.90 Å². The zero-order valence-electron chi connectivity index (χ0n) is 14.6. The standard InChI is InChI=1S/C17H29N3O4/c1-22-10-16(21)18-8-15-9-24-7-4-20(15)17(11-18)12-19(13-17)14-2-5-23-6-3-14/h14-15H,2-13H2,1H3. The second-order valence-electron chi connectivity index (χ2n) is 7.60. The molecule has 1 unspecified atom stereocenters. The highest BCUT2D eigenvalue weighted by Gasteiger charge is 2.55. The molecule has 4 fully saturated rings. The van der Waals surface area contributed by atoms with Gasteiger partial charge >= 0.3 is 0 Å². The molecule has 4 heterocycles. The maximum Gasteiger partial charge on any atom is 0.248 e. The van der Waals surface area contributed by atoms with Gasteiger partial charge in [-0.15, -0.1) is 0 Å². The molecule has 7 nitrogen and oxygen atoms in total. The number of nitrogens with zero attached hydrogens (tertiary/aromatic N) is 3. The molecule has 4 aliphatic heterocycles. The summed E-state index contributed by atoms with van der Waals surface area (Å²) < 4.78 is 16.3. The van der Waals surface area contributed by atoms with Gasteiger partial charge < -0.3 is 19.1 Å². The number of likely N-dealkylation sites (tertiary alicyclic amines) is 1. The van der Waals surface area contributed by atoms with Crippen molar-refractivity contribution in [3.63, 3.8) is 0 Å². The molecule has 1 atom stereocenters. The Kier molecular flexibility index (Phi) is 4.79. The van der Waals surface area contributed by atoms with Crippen molar-refractivity contribution in [2.24, 2.45) is 0 Å². The predicted octanol–water partition coefficient (Wildman–Crippen LogP) is -0.591. The van der Waals surface area contributed by atoms with Crippen LogP contribution in [0.1, 0.15) is 12.8 Å². The lowest BCUT2D eigenvalue weighted by atomic mass is 9.80. The van der Waals surface area contributed by atoms with Crippen molar-refractivity contribution in [1.82, 2.24) is 14.7 Å². The monoisotopic (exact) mass is 339 g/mol. The summed E-state index contributed by atoms with van der Waals surface area (Å²) in [5.41, 5.74) is 0.106. The van der Waals surface area contributed by atoms with E-state index in [0.29, 0.717) is 12.1 Å². The molecule has 136 valence electrons. The van der Waals surface area contributed by atoms with E-state index in [2.05, 4.69) is 9.80 Å². The molecule has 4 saturated heterocycles. The van der Waals surface area contributed by atoms with Crippen LogP contribution >= 0.6 is 0 Å². The summed E-state index contributed by atoms with van der Waals surface area (Å²) in [7, 11) is 1.59. The van der Waals surface area contributed by atoms with Crippen LogP contribution in [0.15, 0.2) is 0 Å². The second kappa shape index (κ2) is 6.88. The molecule has 1 spiro atoms. The van der Waals surface area contributed by atoms with Gasteiger partial charge in [-0.2, -0.15) is 0 Å². The molecule has 7 heteroatoms. The molecule has 0 saturated carbocycles. The molecule has 1 amide bonds. The number of hydrogen-bond acceptors (Lipinski definition) is 6. The van der Waals surface area contributed by atoms with Gasteiger partial charge in [-0.25, -0.2) is 0 Å². The Morgan fingerprint density at radius 3 is 2.67 bits per heavy atom. The quantitative estimate of drug-likeness (QED) is 0.685. The first kappa shape index (κ1) is 16.7. The van der Waals surface area contributed by atoms with Crippen LogP contribution in [0.4, 0.5) is 0 Å². The Hall–Kier alpha value is -0.730. The van der Waals surface area contributed by atoms with Crippen molar-refractivity contribution in [3.05, 3.63) is 0 Å². The number of carbonyl (C=O) groups is 1. The van der Waals surface area contributed by atoms with Crippen molar-refractivity contribution in [2.75, 3.05) is 72.9 Å². The first-order chi connectivity index (χ1) is 11.7. The number of methoxy groups -OCH3 is 1.